The van der Waals surface area contributed by atoms with Gasteiger partial charge in [-0.05, 0) is 31.7 Å². The summed E-state index contributed by atoms with van der Waals surface area (Å²) in [5, 5.41) is 0. The van der Waals surface area contributed by atoms with E-state index in [-0.39, 0.29) is 5.56 Å². The van der Waals surface area contributed by atoms with Crippen LogP contribution in [0.25, 0.3) is 0 Å². The van der Waals surface area contributed by atoms with Crippen molar-refractivity contribution in [2.24, 2.45) is 5.73 Å². The minimum Gasteiger partial charge on any atom is -0.326 e. The van der Waals surface area contributed by atoms with E-state index in [2.05, 4.69) is 6.07 Å². The highest BCUT2D eigenvalue weighted by atomic mass is 16.1. The van der Waals surface area contributed by atoms with Crippen molar-refractivity contribution in [1.29, 1.82) is 0 Å². The van der Waals surface area contributed by atoms with Crippen LogP contribution < -0.4 is 11.3 Å². The van der Waals surface area contributed by atoms with Gasteiger partial charge in [0.05, 0.1) is 0 Å². The first-order valence-electron chi connectivity index (χ1n) is 5.70. The Morgan fingerprint density at radius 1 is 1.47 bits per heavy atom. The van der Waals surface area contributed by atoms with Crippen molar-refractivity contribution in [2.75, 3.05) is 0 Å². The summed E-state index contributed by atoms with van der Waals surface area (Å²) in [7, 11) is 0. The topological polar surface area (TPSA) is 48.0 Å². The molecule has 0 spiro atoms. The maximum atomic E-state index is 12.0. The van der Waals surface area contributed by atoms with E-state index in [9.17, 15) is 4.79 Å². The van der Waals surface area contributed by atoms with Crippen LogP contribution in [-0.4, -0.2) is 4.57 Å². The number of hydrogen-bond donors (Lipinski definition) is 1. The predicted molar refractivity (Wildman–Crippen MR) is 60.9 cm³/mol. The maximum Gasteiger partial charge on any atom is 0.255 e. The molecule has 2 N–H and O–H groups in total. The van der Waals surface area contributed by atoms with Crippen molar-refractivity contribution >= 4 is 0 Å². The average Bonchev–Trinajstić information content (AvgIpc) is 2.16. The molecule has 1 saturated carbocycles. The Morgan fingerprint density at radius 2 is 2.20 bits per heavy atom. The highest BCUT2D eigenvalue weighted by molar-refractivity contribution is 5.20. The third-order valence-corrected chi connectivity index (χ3v) is 3.35. The van der Waals surface area contributed by atoms with Crippen LogP contribution in [0, 0.1) is 0 Å². The van der Waals surface area contributed by atoms with Gasteiger partial charge < -0.3 is 10.3 Å². The van der Waals surface area contributed by atoms with Crippen LogP contribution in [0.15, 0.2) is 16.9 Å². The van der Waals surface area contributed by atoms with Crippen LogP contribution in [0.5, 0.6) is 0 Å². The molecule has 1 aliphatic carbocycles. The first-order valence-corrected chi connectivity index (χ1v) is 5.70. The van der Waals surface area contributed by atoms with E-state index in [0.717, 1.165) is 12.1 Å². The molecule has 0 radical (unpaired) electrons. The second-order valence-electron chi connectivity index (χ2n) is 4.16. The van der Waals surface area contributed by atoms with Crippen molar-refractivity contribution in [2.45, 2.75) is 45.2 Å². The molecule has 0 aromatic carbocycles. The largest absolute Gasteiger partial charge is 0.326 e. The lowest BCUT2D eigenvalue weighted by Gasteiger charge is -2.28. The molecule has 0 atom stereocenters. The van der Waals surface area contributed by atoms with E-state index in [1.54, 1.807) is 0 Å². The first-order chi connectivity index (χ1) is 7.27. The SMILES string of the molecule is CCn1c(C2CCC2)ccc(CN)c1=O. The third-order valence-electron chi connectivity index (χ3n) is 3.35. The zero-order valence-corrected chi connectivity index (χ0v) is 9.20. The van der Waals surface area contributed by atoms with E-state index in [0.29, 0.717) is 12.5 Å². The van der Waals surface area contributed by atoms with Crippen LogP contribution >= 0.6 is 0 Å². The van der Waals surface area contributed by atoms with Gasteiger partial charge in [0.15, 0.2) is 0 Å². The van der Waals surface area contributed by atoms with E-state index in [1.807, 2.05) is 17.6 Å². The summed E-state index contributed by atoms with van der Waals surface area (Å²) in [4.78, 5) is 12.0. The lowest BCUT2D eigenvalue weighted by Crippen LogP contribution is -2.29. The Morgan fingerprint density at radius 3 is 2.67 bits per heavy atom. The molecule has 0 aliphatic heterocycles. The number of rotatable bonds is 3. The summed E-state index contributed by atoms with van der Waals surface area (Å²) in [6, 6.07) is 3.97. The van der Waals surface area contributed by atoms with Crippen LogP contribution in [-0.2, 0) is 13.1 Å². The van der Waals surface area contributed by atoms with Gasteiger partial charge in [0, 0.05) is 24.3 Å². The molecule has 1 aromatic heterocycles. The molecule has 0 bridgehead atoms. The monoisotopic (exact) mass is 206 g/mol. The number of hydrogen-bond acceptors (Lipinski definition) is 2. The summed E-state index contributed by atoms with van der Waals surface area (Å²) in [6.45, 7) is 3.10. The first kappa shape index (κ1) is 10.4. The third kappa shape index (κ3) is 1.72. The maximum absolute atomic E-state index is 12.0. The lowest BCUT2D eigenvalue weighted by molar-refractivity contribution is 0.393. The van der Waals surface area contributed by atoms with Crippen LogP contribution in [0.1, 0.15) is 43.4 Å². The van der Waals surface area contributed by atoms with E-state index in [4.69, 9.17) is 5.73 Å². The Kier molecular flexibility index (Phi) is 2.91. The number of nitrogens with zero attached hydrogens (tertiary/aromatic N) is 1. The van der Waals surface area contributed by atoms with E-state index >= 15 is 0 Å². The quantitative estimate of drug-likeness (QED) is 0.816. The molecule has 1 aliphatic rings. The lowest BCUT2D eigenvalue weighted by atomic mass is 9.82. The van der Waals surface area contributed by atoms with E-state index < -0.39 is 0 Å². The van der Waals surface area contributed by atoms with Crippen molar-refractivity contribution < 1.29 is 0 Å². The molecule has 2 rings (SSSR count). The van der Waals surface area contributed by atoms with Gasteiger partial charge in [-0.3, -0.25) is 4.79 Å². The molecule has 15 heavy (non-hydrogen) atoms. The fourth-order valence-electron chi connectivity index (χ4n) is 2.18. The van der Waals surface area contributed by atoms with Crippen LogP contribution in [0.3, 0.4) is 0 Å². The summed E-state index contributed by atoms with van der Waals surface area (Å²) >= 11 is 0. The zero-order valence-electron chi connectivity index (χ0n) is 9.20. The molecule has 3 heteroatoms. The molecular formula is C12H18N2O. The minimum absolute atomic E-state index is 0.101. The predicted octanol–water partition coefficient (Wildman–Crippen LogP) is 1.59. The van der Waals surface area contributed by atoms with Crippen molar-refractivity contribution in [1.82, 2.24) is 4.57 Å². The number of nitrogens with two attached hydrogens (primary N) is 1. The Balaban J connectivity index is 2.46. The smallest absolute Gasteiger partial charge is 0.255 e. The second-order valence-corrected chi connectivity index (χ2v) is 4.16. The fourth-order valence-corrected chi connectivity index (χ4v) is 2.18. The second kappa shape index (κ2) is 4.19. The highest BCUT2D eigenvalue weighted by Crippen LogP contribution is 2.35. The molecule has 1 heterocycles. The molecule has 0 saturated heterocycles. The average molecular weight is 206 g/mol. The number of pyridine rings is 1. The van der Waals surface area contributed by atoms with Crippen molar-refractivity contribution in [3.05, 3.63) is 33.7 Å². The van der Waals surface area contributed by atoms with Gasteiger partial charge in [-0.1, -0.05) is 12.5 Å². The van der Waals surface area contributed by atoms with Gasteiger partial charge in [0.2, 0.25) is 0 Å². The highest BCUT2D eigenvalue weighted by Gasteiger charge is 2.22. The number of aromatic nitrogens is 1. The van der Waals surface area contributed by atoms with Gasteiger partial charge >= 0.3 is 0 Å². The van der Waals surface area contributed by atoms with E-state index in [1.165, 1.54) is 25.0 Å². The standard InChI is InChI=1S/C12H18N2O/c1-2-14-11(9-4-3-5-9)7-6-10(8-13)12(14)15/h6-7,9H,2-5,8,13H2,1H3. The Labute approximate surface area is 89.9 Å². The molecule has 1 fully saturated rings. The molecular weight excluding hydrogens is 188 g/mol. The van der Waals surface area contributed by atoms with Gasteiger partial charge in [0.25, 0.3) is 5.56 Å². The van der Waals surface area contributed by atoms with Gasteiger partial charge in [-0.25, -0.2) is 0 Å². The Hall–Kier alpha value is -1.09. The molecule has 3 nitrogen and oxygen atoms in total. The summed E-state index contributed by atoms with van der Waals surface area (Å²) in [5.41, 5.74) is 7.56. The van der Waals surface area contributed by atoms with Crippen LogP contribution in [0.4, 0.5) is 0 Å². The summed E-state index contributed by atoms with van der Waals surface area (Å²) < 4.78 is 1.88. The molecule has 0 amide bonds. The van der Waals surface area contributed by atoms with Crippen LogP contribution in [0.2, 0.25) is 0 Å². The minimum atomic E-state index is 0.101. The molecule has 82 valence electrons. The molecule has 0 unspecified atom stereocenters. The van der Waals surface area contributed by atoms with Gasteiger partial charge in [0.1, 0.15) is 0 Å². The normalized spacial score (nSPS) is 16.4. The summed E-state index contributed by atoms with van der Waals surface area (Å²) in [5.74, 6) is 0.601. The zero-order chi connectivity index (χ0) is 10.8. The van der Waals surface area contributed by atoms with Gasteiger partial charge in [-0.15, -0.1) is 0 Å². The Bertz CT molecular complexity index is 405. The van der Waals surface area contributed by atoms with Crippen molar-refractivity contribution in [3.8, 4) is 0 Å². The fraction of sp³-hybridized carbons (Fsp3) is 0.583. The summed E-state index contributed by atoms with van der Waals surface area (Å²) in [6.07, 6.45) is 3.74. The molecule has 1 aromatic rings. The van der Waals surface area contributed by atoms with Crippen molar-refractivity contribution in [3.63, 3.8) is 0 Å². The van der Waals surface area contributed by atoms with Gasteiger partial charge in [-0.2, -0.15) is 0 Å².